The maximum atomic E-state index is 13.0. The quantitative estimate of drug-likeness (QED) is 0.788. The van der Waals surface area contributed by atoms with Crippen molar-refractivity contribution in [2.24, 2.45) is 5.92 Å². The molecule has 4 heteroatoms. The van der Waals surface area contributed by atoms with Crippen LogP contribution in [0.3, 0.4) is 0 Å². The summed E-state index contributed by atoms with van der Waals surface area (Å²) in [4.78, 5) is 16.0. The zero-order chi connectivity index (χ0) is 17.6. The summed E-state index contributed by atoms with van der Waals surface area (Å²) in [6.07, 6.45) is 7.04. The topological polar surface area (TPSA) is 23.6 Å². The highest BCUT2D eigenvalue weighted by Crippen LogP contribution is 2.24. The molecular weight excluding hydrogens is 315 g/mol. The number of hydrogen-bond acceptors (Lipinski definition) is 3. The fourth-order valence-corrected chi connectivity index (χ4v) is 3.95. The number of carbonyl (C=O) groups excluding carboxylic acids is 1. The Morgan fingerprint density at radius 3 is 2.44 bits per heavy atom. The monoisotopic (exact) mass is 344 g/mol. The molecule has 25 heavy (non-hydrogen) atoms. The van der Waals surface area contributed by atoms with Crippen LogP contribution in [0.5, 0.6) is 0 Å². The Balaban J connectivity index is 1.39. The minimum absolute atomic E-state index is 0.170. The molecule has 0 atom stereocenters. The van der Waals surface area contributed by atoms with Gasteiger partial charge in [-0.25, -0.2) is 4.39 Å². The van der Waals surface area contributed by atoms with Gasteiger partial charge >= 0.3 is 0 Å². The number of rotatable bonds is 6. The van der Waals surface area contributed by atoms with Gasteiger partial charge < -0.3 is 0 Å². The largest absolute Gasteiger partial charge is 0.299 e. The van der Waals surface area contributed by atoms with Gasteiger partial charge in [-0.2, -0.15) is 0 Å². The first-order valence-corrected chi connectivity index (χ1v) is 9.49. The molecule has 0 aromatic heterocycles. The molecule has 1 saturated heterocycles. The molecule has 1 aromatic carbocycles. The van der Waals surface area contributed by atoms with Crippen LogP contribution in [-0.2, 0) is 4.79 Å². The highest BCUT2D eigenvalue weighted by molar-refractivity contribution is 5.77. The van der Waals surface area contributed by atoms with E-state index in [1.165, 1.54) is 24.8 Å². The summed E-state index contributed by atoms with van der Waals surface area (Å²) in [5, 5.41) is 0. The van der Waals surface area contributed by atoms with Gasteiger partial charge in [0.25, 0.3) is 0 Å². The molecule has 1 fully saturated rings. The Morgan fingerprint density at radius 1 is 1.12 bits per heavy atom. The summed E-state index contributed by atoms with van der Waals surface area (Å²) in [6, 6.07) is 6.85. The van der Waals surface area contributed by atoms with Gasteiger partial charge in [0.2, 0.25) is 0 Å². The molecule has 1 aromatic rings. The lowest BCUT2D eigenvalue weighted by Gasteiger charge is -2.33. The van der Waals surface area contributed by atoms with Crippen molar-refractivity contribution in [3.8, 4) is 0 Å². The number of carbonyl (C=O) groups is 1. The minimum atomic E-state index is -0.170. The zero-order valence-corrected chi connectivity index (χ0v) is 15.2. The Labute approximate surface area is 150 Å². The number of hydrogen-bond donors (Lipinski definition) is 0. The average Bonchev–Trinajstić information content (AvgIpc) is 2.62. The predicted molar refractivity (Wildman–Crippen MR) is 99.9 cm³/mol. The first-order valence-electron chi connectivity index (χ1n) is 9.49. The third-order valence-corrected chi connectivity index (χ3v) is 5.52. The van der Waals surface area contributed by atoms with Crippen molar-refractivity contribution in [1.82, 2.24) is 9.80 Å². The van der Waals surface area contributed by atoms with E-state index in [0.29, 0.717) is 6.54 Å². The van der Waals surface area contributed by atoms with Crippen LogP contribution in [0.2, 0.25) is 0 Å². The number of halogens is 1. The van der Waals surface area contributed by atoms with Crippen LogP contribution >= 0.6 is 0 Å². The molecule has 0 amide bonds. The molecule has 0 bridgehead atoms. The van der Waals surface area contributed by atoms with Gasteiger partial charge in [0.15, 0.2) is 0 Å². The van der Waals surface area contributed by atoms with E-state index in [1.807, 2.05) is 12.1 Å². The average molecular weight is 344 g/mol. The lowest BCUT2D eigenvalue weighted by molar-refractivity contribution is -0.118. The van der Waals surface area contributed by atoms with Gasteiger partial charge in [0, 0.05) is 13.1 Å². The Hall–Kier alpha value is -1.52. The lowest BCUT2D eigenvalue weighted by Crippen LogP contribution is -2.38. The highest BCUT2D eigenvalue weighted by atomic mass is 19.1. The van der Waals surface area contributed by atoms with Crippen molar-refractivity contribution >= 4 is 11.4 Å². The van der Waals surface area contributed by atoms with Crippen LogP contribution in [0.15, 0.2) is 30.3 Å². The van der Waals surface area contributed by atoms with Gasteiger partial charge in [0.1, 0.15) is 11.6 Å². The fraction of sp³-hybridized carbons (Fsp3) is 0.571. The molecule has 0 saturated carbocycles. The third-order valence-electron chi connectivity index (χ3n) is 5.52. The summed E-state index contributed by atoms with van der Waals surface area (Å²) in [5.41, 5.74) is 2.49. The molecule has 0 spiro atoms. The van der Waals surface area contributed by atoms with Crippen LogP contribution in [0.4, 0.5) is 4.39 Å². The van der Waals surface area contributed by atoms with Crippen molar-refractivity contribution in [1.29, 1.82) is 0 Å². The maximum absolute atomic E-state index is 13.0. The van der Waals surface area contributed by atoms with Crippen molar-refractivity contribution in [3.63, 3.8) is 0 Å². The Kier molecular flexibility index (Phi) is 6.38. The summed E-state index contributed by atoms with van der Waals surface area (Å²) < 4.78 is 13.0. The van der Waals surface area contributed by atoms with E-state index in [-0.39, 0.29) is 11.6 Å². The molecule has 2 aliphatic heterocycles. The van der Waals surface area contributed by atoms with E-state index in [1.54, 1.807) is 19.1 Å². The van der Waals surface area contributed by atoms with Crippen molar-refractivity contribution in [3.05, 3.63) is 41.7 Å². The second-order valence-electron chi connectivity index (χ2n) is 7.50. The van der Waals surface area contributed by atoms with Gasteiger partial charge in [0.05, 0.1) is 6.54 Å². The minimum Gasteiger partial charge on any atom is -0.299 e. The molecule has 2 aliphatic rings. The fourth-order valence-electron chi connectivity index (χ4n) is 3.95. The normalized spacial score (nSPS) is 20.5. The second-order valence-corrected chi connectivity index (χ2v) is 7.50. The number of ketones is 1. The molecule has 3 nitrogen and oxygen atoms in total. The number of nitrogens with zero attached hydrogens (tertiary/aromatic N) is 2. The van der Waals surface area contributed by atoms with Crippen LogP contribution in [0.25, 0.3) is 5.57 Å². The maximum Gasteiger partial charge on any atom is 0.143 e. The summed E-state index contributed by atoms with van der Waals surface area (Å²) in [6.45, 7) is 7.68. The summed E-state index contributed by atoms with van der Waals surface area (Å²) in [7, 11) is 0. The van der Waals surface area contributed by atoms with Crippen molar-refractivity contribution in [2.75, 3.05) is 39.3 Å². The van der Waals surface area contributed by atoms with Crippen LogP contribution in [0.1, 0.15) is 38.2 Å². The lowest BCUT2D eigenvalue weighted by atomic mass is 9.92. The van der Waals surface area contributed by atoms with E-state index in [4.69, 9.17) is 0 Å². The zero-order valence-electron chi connectivity index (χ0n) is 15.2. The number of benzene rings is 1. The molecule has 0 radical (unpaired) electrons. The first-order chi connectivity index (χ1) is 12.1. The van der Waals surface area contributed by atoms with Gasteiger partial charge in [-0.1, -0.05) is 18.2 Å². The first kappa shape index (κ1) is 18.3. The SMILES string of the molecule is CC(=O)CN1CCC(CCN2CC=C(c3ccc(F)cc3)CC2)CC1. The number of Topliss-reactive ketones (excluding diaryl/α,β-unsaturated/α-hetero) is 1. The van der Waals surface area contributed by atoms with E-state index < -0.39 is 0 Å². The van der Waals surface area contributed by atoms with E-state index in [0.717, 1.165) is 50.6 Å². The van der Waals surface area contributed by atoms with Crippen LogP contribution < -0.4 is 0 Å². The molecule has 2 heterocycles. The highest BCUT2D eigenvalue weighted by Gasteiger charge is 2.21. The smallest absolute Gasteiger partial charge is 0.143 e. The number of piperidine rings is 1. The number of likely N-dealkylation sites (tertiary alicyclic amines) is 1. The standard InChI is InChI=1S/C21H29FN2O/c1-17(25)16-24-12-7-18(8-13-24)6-11-23-14-9-20(10-15-23)19-2-4-21(22)5-3-19/h2-5,9,18H,6-8,10-16H2,1H3. The Bertz CT molecular complexity index is 603. The van der Waals surface area contributed by atoms with Crippen molar-refractivity contribution in [2.45, 2.75) is 32.6 Å². The second kappa shape index (κ2) is 8.72. The van der Waals surface area contributed by atoms with Crippen LogP contribution in [0, 0.1) is 11.7 Å². The molecule has 3 rings (SSSR count). The predicted octanol–water partition coefficient (Wildman–Crippen LogP) is 3.61. The third kappa shape index (κ3) is 5.48. The van der Waals surface area contributed by atoms with E-state index >= 15 is 0 Å². The molecule has 0 unspecified atom stereocenters. The van der Waals surface area contributed by atoms with E-state index in [9.17, 15) is 9.18 Å². The molecule has 0 aliphatic carbocycles. The Morgan fingerprint density at radius 2 is 1.84 bits per heavy atom. The molecule has 0 N–H and O–H groups in total. The van der Waals surface area contributed by atoms with Gasteiger partial charge in [-0.05, 0) is 81.4 Å². The van der Waals surface area contributed by atoms with Crippen LogP contribution in [-0.4, -0.2) is 54.9 Å². The summed E-state index contributed by atoms with van der Waals surface area (Å²) >= 11 is 0. The molecule has 136 valence electrons. The van der Waals surface area contributed by atoms with E-state index in [2.05, 4.69) is 15.9 Å². The van der Waals surface area contributed by atoms with Crippen molar-refractivity contribution < 1.29 is 9.18 Å². The van der Waals surface area contributed by atoms with Gasteiger partial charge in [-0.15, -0.1) is 0 Å². The molecular formula is C21H29FN2O. The summed E-state index contributed by atoms with van der Waals surface area (Å²) in [5.74, 6) is 0.900. The van der Waals surface area contributed by atoms with Gasteiger partial charge in [-0.3, -0.25) is 14.6 Å².